The number of likely N-dealkylation sites (tertiary alicyclic amines) is 1. The van der Waals surface area contributed by atoms with E-state index < -0.39 is 0 Å². The summed E-state index contributed by atoms with van der Waals surface area (Å²) in [5.74, 6) is 0. The van der Waals surface area contributed by atoms with Crippen molar-refractivity contribution in [2.24, 2.45) is 5.41 Å². The van der Waals surface area contributed by atoms with Crippen LogP contribution in [-0.4, -0.2) is 42.2 Å². The van der Waals surface area contributed by atoms with Gasteiger partial charge in [0, 0.05) is 31.8 Å². The summed E-state index contributed by atoms with van der Waals surface area (Å²) in [5.41, 5.74) is 2.12. The van der Waals surface area contributed by atoms with Crippen molar-refractivity contribution in [3.8, 4) is 0 Å². The number of nitrogens with zero attached hydrogens (tertiary/aromatic N) is 2. The van der Waals surface area contributed by atoms with Crippen molar-refractivity contribution < 1.29 is 9.53 Å². The minimum Gasteiger partial charge on any atom is -0.381 e. The number of nitrogens with one attached hydrogen (secondary N) is 1. The maximum atomic E-state index is 12.4. The zero-order valence-corrected chi connectivity index (χ0v) is 14.1. The van der Waals surface area contributed by atoms with Gasteiger partial charge in [0.25, 0.3) is 0 Å². The van der Waals surface area contributed by atoms with Crippen LogP contribution in [0, 0.1) is 5.41 Å². The SMILES string of the molecule is CCc1ccnc(CNC(=O)N2CCC(OC)C(C)(C)C2)c1. The van der Waals surface area contributed by atoms with E-state index in [0.29, 0.717) is 13.1 Å². The molecule has 5 nitrogen and oxygen atoms in total. The second-order valence-electron chi connectivity index (χ2n) is 6.59. The zero-order valence-electron chi connectivity index (χ0n) is 14.1. The van der Waals surface area contributed by atoms with Crippen LogP contribution in [0.15, 0.2) is 18.3 Å². The Labute approximate surface area is 133 Å². The fourth-order valence-corrected chi connectivity index (χ4v) is 3.07. The first-order valence-corrected chi connectivity index (χ1v) is 7.95. The van der Waals surface area contributed by atoms with Crippen molar-refractivity contribution in [1.29, 1.82) is 0 Å². The highest BCUT2D eigenvalue weighted by molar-refractivity contribution is 5.74. The Balaban J connectivity index is 1.90. The van der Waals surface area contributed by atoms with E-state index in [-0.39, 0.29) is 17.6 Å². The van der Waals surface area contributed by atoms with Crippen LogP contribution >= 0.6 is 0 Å². The van der Waals surface area contributed by atoms with E-state index in [1.807, 2.05) is 17.0 Å². The summed E-state index contributed by atoms with van der Waals surface area (Å²) in [7, 11) is 1.74. The molecule has 1 N–H and O–H groups in total. The van der Waals surface area contributed by atoms with Crippen LogP contribution in [0.2, 0.25) is 0 Å². The molecular formula is C17H27N3O2. The van der Waals surface area contributed by atoms with Crippen molar-refractivity contribution in [1.82, 2.24) is 15.2 Å². The minimum atomic E-state index is -0.0231. The number of carbonyl (C=O) groups is 1. The summed E-state index contributed by atoms with van der Waals surface area (Å²) in [6, 6.07) is 4.02. The Kier molecular flexibility index (Phi) is 5.40. The molecule has 2 amide bonds. The summed E-state index contributed by atoms with van der Waals surface area (Å²) < 4.78 is 5.52. The molecule has 0 spiro atoms. The molecule has 0 aliphatic carbocycles. The lowest BCUT2D eigenvalue weighted by molar-refractivity contribution is -0.0406. The number of piperidine rings is 1. The molecule has 1 unspecified atom stereocenters. The van der Waals surface area contributed by atoms with Gasteiger partial charge in [0.15, 0.2) is 0 Å². The largest absolute Gasteiger partial charge is 0.381 e. The van der Waals surface area contributed by atoms with Crippen molar-refractivity contribution in [2.75, 3.05) is 20.2 Å². The average molecular weight is 305 g/mol. The second-order valence-corrected chi connectivity index (χ2v) is 6.59. The Hall–Kier alpha value is -1.62. The third kappa shape index (κ3) is 3.97. The number of hydrogen-bond donors (Lipinski definition) is 1. The molecule has 1 aromatic heterocycles. The van der Waals surface area contributed by atoms with E-state index in [4.69, 9.17) is 4.74 Å². The van der Waals surface area contributed by atoms with Gasteiger partial charge in [-0.3, -0.25) is 4.98 Å². The van der Waals surface area contributed by atoms with Gasteiger partial charge in [-0.1, -0.05) is 20.8 Å². The van der Waals surface area contributed by atoms with Gasteiger partial charge in [-0.25, -0.2) is 4.79 Å². The standard InChI is InChI=1S/C17H27N3O2/c1-5-13-6-8-18-14(10-13)11-19-16(21)20-9-7-15(22-4)17(2,3)12-20/h6,8,10,15H,5,7,9,11-12H2,1-4H3,(H,19,21). The van der Waals surface area contributed by atoms with E-state index in [1.165, 1.54) is 5.56 Å². The molecule has 0 bridgehead atoms. The number of methoxy groups -OCH3 is 1. The normalized spacial score (nSPS) is 20.7. The number of ether oxygens (including phenoxy) is 1. The monoisotopic (exact) mass is 305 g/mol. The summed E-state index contributed by atoms with van der Waals surface area (Å²) in [5, 5.41) is 2.97. The highest BCUT2D eigenvalue weighted by atomic mass is 16.5. The van der Waals surface area contributed by atoms with Crippen LogP contribution < -0.4 is 5.32 Å². The first-order chi connectivity index (χ1) is 10.5. The molecule has 2 heterocycles. The number of urea groups is 1. The van der Waals surface area contributed by atoms with Gasteiger partial charge in [0.05, 0.1) is 18.3 Å². The highest BCUT2D eigenvalue weighted by Gasteiger charge is 2.37. The number of rotatable bonds is 4. The first-order valence-electron chi connectivity index (χ1n) is 7.95. The van der Waals surface area contributed by atoms with Gasteiger partial charge in [-0.05, 0) is 30.5 Å². The smallest absolute Gasteiger partial charge is 0.317 e. The number of amides is 2. The van der Waals surface area contributed by atoms with E-state index in [0.717, 1.165) is 25.1 Å². The zero-order chi connectivity index (χ0) is 16.2. The lowest BCUT2D eigenvalue weighted by Crippen LogP contribution is -2.53. The number of carbonyl (C=O) groups excluding carboxylic acids is 1. The van der Waals surface area contributed by atoms with Gasteiger partial charge < -0.3 is 15.0 Å². The van der Waals surface area contributed by atoms with E-state index in [2.05, 4.69) is 31.1 Å². The number of hydrogen-bond acceptors (Lipinski definition) is 3. The van der Waals surface area contributed by atoms with Crippen LogP contribution in [0.4, 0.5) is 4.79 Å². The summed E-state index contributed by atoms with van der Waals surface area (Å²) >= 11 is 0. The first kappa shape index (κ1) is 16.7. The van der Waals surface area contributed by atoms with Crippen LogP contribution in [-0.2, 0) is 17.7 Å². The van der Waals surface area contributed by atoms with Gasteiger partial charge in [-0.2, -0.15) is 0 Å². The maximum Gasteiger partial charge on any atom is 0.317 e. The van der Waals surface area contributed by atoms with Crippen molar-refractivity contribution in [3.05, 3.63) is 29.6 Å². The topological polar surface area (TPSA) is 54.5 Å². The van der Waals surface area contributed by atoms with E-state index >= 15 is 0 Å². The Morgan fingerprint density at radius 3 is 2.95 bits per heavy atom. The molecule has 1 saturated heterocycles. The van der Waals surface area contributed by atoms with Gasteiger partial charge in [0.1, 0.15) is 0 Å². The summed E-state index contributed by atoms with van der Waals surface area (Å²) in [6.45, 7) is 8.31. The van der Waals surface area contributed by atoms with Crippen LogP contribution in [0.3, 0.4) is 0 Å². The predicted octanol–water partition coefficient (Wildman–Crippen LogP) is 2.60. The maximum absolute atomic E-state index is 12.4. The summed E-state index contributed by atoms with van der Waals surface area (Å²) in [6.07, 6.45) is 3.86. The summed E-state index contributed by atoms with van der Waals surface area (Å²) in [4.78, 5) is 18.5. The molecule has 5 heteroatoms. The molecule has 1 aromatic rings. The van der Waals surface area contributed by atoms with E-state index in [9.17, 15) is 4.79 Å². The minimum absolute atomic E-state index is 0.0219. The number of aromatic nitrogens is 1. The lowest BCUT2D eigenvalue weighted by Gasteiger charge is -2.43. The second kappa shape index (κ2) is 7.09. The molecule has 0 aromatic carbocycles. The number of aryl methyl sites for hydroxylation is 1. The highest BCUT2D eigenvalue weighted by Crippen LogP contribution is 2.31. The fraction of sp³-hybridized carbons (Fsp3) is 0.647. The predicted molar refractivity (Wildman–Crippen MR) is 86.6 cm³/mol. The molecule has 0 radical (unpaired) electrons. The van der Waals surface area contributed by atoms with Gasteiger partial charge >= 0.3 is 6.03 Å². The van der Waals surface area contributed by atoms with Gasteiger partial charge in [0.2, 0.25) is 0 Å². The van der Waals surface area contributed by atoms with Crippen molar-refractivity contribution >= 4 is 6.03 Å². The Morgan fingerprint density at radius 1 is 1.55 bits per heavy atom. The van der Waals surface area contributed by atoms with Crippen LogP contribution in [0.25, 0.3) is 0 Å². The molecule has 2 rings (SSSR count). The Morgan fingerprint density at radius 2 is 2.32 bits per heavy atom. The molecule has 1 atom stereocenters. The average Bonchev–Trinajstić information content (AvgIpc) is 2.51. The molecule has 122 valence electrons. The van der Waals surface area contributed by atoms with Crippen molar-refractivity contribution in [2.45, 2.75) is 46.3 Å². The molecular weight excluding hydrogens is 278 g/mol. The lowest BCUT2D eigenvalue weighted by atomic mass is 9.81. The van der Waals surface area contributed by atoms with Crippen LogP contribution in [0.1, 0.15) is 38.4 Å². The van der Waals surface area contributed by atoms with E-state index in [1.54, 1.807) is 13.3 Å². The van der Waals surface area contributed by atoms with Crippen molar-refractivity contribution in [3.63, 3.8) is 0 Å². The molecule has 0 saturated carbocycles. The molecule has 1 aliphatic heterocycles. The third-order valence-electron chi connectivity index (χ3n) is 4.41. The molecule has 1 fully saturated rings. The molecule has 22 heavy (non-hydrogen) atoms. The molecule has 1 aliphatic rings. The van der Waals surface area contributed by atoms with Gasteiger partial charge in [-0.15, -0.1) is 0 Å². The quantitative estimate of drug-likeness (QED) is 0.930. The third-order valence-corrected chi connectivity index (χ3v) is 4.41. The Bertz CT molecular complexity index is 516. The number of pyridine rings is 1. The fourth-order valence-electron chi connectivity index (χ4n) is 3.07. The van der Waals surface area contributed by atoms with Crippen LogP contribution in [0.5, 0.6) is 0 Å².